The first-order valence-corrected chi connectivity index (χ1v) is 6.17. The summed E-state index contributed by atoms with van der Waals surface area (Å²) in [7, 11) is 0. The van der Waals surface area contributed by atoms with Crippen molar-refractivity contribution in [2.45, 2.75) is 32.8 Å². The van der Waals surface area contributed by atoms with Gasteiger partial charge in [-0.15, -0.1) is 0 Å². The van der Waals surface area contributed by atoms with Crippen LogP contribution in [0.2, 0.25) is 0 Å². The number of aliphatic hydroxyl groups excluding tert-OH is 1. The number of fused-ring (bicyclic) bond motifs is 1. The molecule has 2 heterocycles. The van der Waals surface area contributed by atoms with Crippen LogP contribution in [0.4, 0.5) is 0 Å². The molecule has 0 saturated carbocycles. The maximum absolute atomic E-state index is 9.03. The molecule has 0 radical (unpaired) electrons. The van der Waals surface area contributed by atoms with Gasteiger partial charge in [0.25, 0.3) is 0 Å². The summed E-state index contributed by atoms with van der Waals surface area (Å²) in [5, 5.41) is 9.03. The molecule has 1 aromatic heterocycles. The zero-order chi connectivity index (χ0) is 13.5. The highest BCUT2D eigenvalue weighted by Crippen LogP contribution is 2.32. The first kappa shape index (κ1) is 12.2. The summed E-state index contributed by atoms with van der Waals surface area (Å²) in [5.41, 5.74) is 2.63. The number of imidazole rings is 1. The molecule has 0 spiro atoms. The van der Waals surface area contributed by atoms with E-state index in [-0.39, 0.29) is 6.61 Å². The number of hydrogen-bond donors (Lipinski definition) is 1. The Labute approximate surface area is 111 Å². The average molecular weight is 260 g/mol. The van der Waals surface area contributed by atoms with E-state index in [0.29, 0.717) is 12.3 Å². The lowest BCUT2D eigenvalue weighted by molar-refractivity contribution is -0.180. The van der Waals surface area contributed by atoms with Gasteiger partial charge in [-0.05, 0) is 18.2 Å². The fourth-order valence-corrected chi connectivity index (χ4v) is 2.07. The van der Waals surface area contributed by atoms with Gasteiger partial charge in [0.15, 0.2) is 0 Å². The maximum atomic E-state index is 9.03. The summed E-state index contributed by atoms with van der Waals surface area (Å²) in [6.45, 7) is 4.26. The van der Waals surface area contributed by atoms with Crippen LogP contribution >= 0.6 is 0 Å². The molecule has 5 heteroatoms. The average Bonchev–Trinajstić information content (AvgIpc) is 2.86. The molecule has 3 rings (SSSR count). The molecule has 1 N–H and O–H groups in total. The highest BCUT2D eigenvalue weighted by atomic mass is 16.7. The fraction of sp³-hybridized carbons (Fsp3) is 0.357. The van der Waals surface area contributed by atoms with Crippen LogP contribution in [0.25, 0.3) is 5.69 Å². The number of aliphatic hydroxyl groups is 1. The minimum atomic E-state index is -0.576. The van der Waals surface area contributed by atoms with Crippen molar-refractivity contribution in [2.75, 3.05) is 0 Å². The number of ether oxygens (including phenoxy) is 2. The van der Waals surface area contributed by atoms with Gasteiger partial charge >= 0.3 is 0 Å². The third-order valence-electron chi connectivity index (χ3n) is 3.07. The molecule has 0 bridgehead atoms. The van der Waals surface area contributed by atoms with Crippen molar-refractivity contribution in [2.24, 2.45) is 0 Å². The molecule has 0 fully saturated rings. The van der Waals surface area contributed by atoms with Gasteiger partial charge in [-0.25, -0.2) is 4.98 Å². The molecule has 0 saturated heterocycles. The van der Waals surface area contributed by atoms with Gasteiger partial charge in [-0.3, -0.25) is 0 Å². The normalized spacial score (nSPS) is 16.8. The van der Waals surface area contributed by atoms with Crippen molar-refractivity contribution >= 4 is 0 Å². The van der Waals surface area contributed by atoms with E-state index in [1.165, 1.54) is 0 Å². The predicted molar refractivity (Wildman–Crippen MR) is 69.0 cm³/mol. The Bertz CT molecular complexity index is 604. The Balaban J connectivity index is 1.94. The molecule has 1 aliphatic heterocycles. The summed E-state index contributed by atoms with van der Waals surface area (Å²) < 4.78 is 13.2. The SMILES string of the molecule is CC1(C)OCc2cc(-n3cnc(CO)c3)ccc2O1. The molecule has 100 valence electrons. The monoisotopic (exact) mass is 260 g/mol. The van der Waals surface area contributed by atoms with E-state index in [9.17, 15) is 0 Å². The predicted octanol–water partition coefficient (Wildman–Crippen LogP) is 2.01. The van der Waals surface area contributed by atoms with Gasteiger partial charge in [0.05, 0.1) is 25.2 Å². The van der Waals surface area contributed by atoms with Crippen molar-refractivity contribution in [1.29, 1.82) is 0 Å². The van der Waals surface area contributed by atoms with Gasteiger partial charge < -0.3 is 19.1 Å². The van der Waals surface area contributed by atoms with Gasteiger partial charge in [0, 0.05) is 31.3 Å². The summed E-state index contributed by atoms with van der Waals surface area (Å²) in [4.78, 5) is 4.10. The third kappa shape index (κ3) is 2.34. The minimum Gasteiger partial charge on any atom is -0.463 e. The molecule has 5 nitrogen and oxygen atoms in total. The van der Waals surface area contributed by atoms with Gasteiger partial charge in [-0.1, -0.05) is 0 Å². The summed E-state index contributed by atoms with van der Waals surface area (Å²) >= 11 is 0. The van der Waals surface area contributed by atoms with Gasteiger partial charge in [-0.2, -0.15) is 0 Å². The largest absolute Gasteiger partial charge is 0.463 e. The summed E-state index contributed by atoms with van der Waals surface area (Å²) in [5.74, 6) is 0.274. The van der Waals surface area contributed by atoms with E-state index in [1.807, 2.05) is 36.6 Å². The van der Waals surface area contributed by atoms with Crippen LogP contribution in [-0.2, 0) is 18.0 Å². The lowest BCUT2D eigenvalue weighted by Crippen LogP contribution is -2.35. The second-order valence-electron chi connectivity index (χ2n) is 5.01. The van der Waals surface area contributed by atoms with Crippen molar-refractivity contribution in [3.8, 4) is 11.4 Å². The van der Waals surface area contributed by atoms with E-state index in [2.05, 4.69) is 4.98 Å². The van der Waals surface area contributed by atoms with E-state index in [1.54, 1.807) is 12.5 Å². The van der Waals surface area contributed by atoms with E-state index < -0.39 is 5.79 Å². The smallest absolute Gasteiger partial charge is 0.205 e. The Kier molecular flexibility index (Phi) is 2.80. The Hall–Kier alpha value is -1.85. The minimum absolute atomic E-state index is 0.0572. The van der Waals surface area contributed by atoms with Crippen LogP contribution in [0.5, 0.6) is 5.75 Å². The van der Waals surface area contributed by atoms with Crippen LogP contribution in [0.1, 0.15) is 25.1 Å². The number of benzene rings is 1. The quantitative estimate of drug-likeness (QED) is 0.897. The van der Waals surface area contributed by atoms with Crippen molar-refractivity contribution in [3.63, 3.8) is 0 Å². The summed E-state index contributed by atoms with van der Waals surface area (Å²) in [6, 6.07) is 5.91. The topological polar surface area (TPSA) is 56.5 Å². The number of nitrogens with zero attached hydrogens (tertiary/aromatic N) is 2. The fourth-order valence-electron chi connectivity index (χ4n) is 2.07. The van der Waals surface area contributed by atoms with Gasteiger partial charge in [0.1, 0.15) is 5.75 Å². The van der Waals surface area contributed by atoms with Gasteiger partial charge in [0.2, 0.25) is 5.79 Å². The molecule has 19 heavy (non-hydrogen) atoms. The molecule has 0 atom stereocenters. The Morgan fingerprint density at radius 3 is 3.00 bits per heavy atom. The molecule has 1 aromatic carbocycles. The van der Waals surface area contributed by atoms with Crippen LogP contribution in [0.3, 0.4) is 0 Å². The van der Waals surface area contributed by atoms with E-state index in [4.69, 9.17) is 14.6 Å². The Morgan fingerprint density at radius 1 is 1.42 bits per heavy atom. The van der Waals surface area contributed by atoms with Crippen LogP contribution in [-0.4, -0.2) is 20.4 Å². The van der Waals surface area contributed by atoms with Crippen LogP contribution < -0.4 is 4.74 Å². The molecule has 2 aromatic rings. The first-order valence-electron chi connectivity index (χ1n) is 6.17. The lowest BCUT2D eigenvalue weighted by atomic mass is 10.1. The first-order chi connectivity index (χ1) is 9.07. The van der Waals surface area contributed by atoms with Crippen molar-refractivity contribution in [1.82, 2.24) is 9.55 Å². The molecule has 0 unspecified atom stereocenters. The maximum Gasteiger partial charge on any atom is 0.205 e. The van der Waals surface area contributed by atoms with Crippen LogP contribution in [0.15, 0.2) is 30.7 Å². The second kappa shape index (κ2) is 4.36. The standard InChI is InChI=1S/C14H16N2O3/c1-14(2)18-8-10-5-12(3-4-13(10)19-14)16-6-11(7-17)15-9-16/h3-6,9,17H,7-8H2,1-2H3. The molecular formula is C14H16N2O3. The van der Waals surface area contributed by atoms with Crippen molar-refractivity contribution < 1.29 is 14.6 Å². The Morgan fingerprint density at radius 2 is 2.26 bits per heavy atom. The zero-order valence-corrected chi connectivity index (χ0v) is 11.0. The highest BCUT2D eigenvalue weighted by molar-refractivity contribution is 5.45. The highest BCUT2D eigenvalue weighted by Gasteiger charge is 2.27. The summed E-state index contributed by atoms with van der Waals surface area (Å²) in [6.07, 6.45) is 3.48. The van der Waals surface area contributed by atoms with Crippen LogP contribution in [0, 0.1) is 0 Å². The number of hydrogen-bond acceptors (Lipinski definition) is 4. The lowest BCUT2D eigenvalue weighted by Gasteiger charge is -2.32. The van der Waals surface area contributed by atoms with E-state index in [0.717, 1.165) is 17.0 Å². The van der Waals surface area contributed by atoms with E-state index >= 15 is 0 Å². The molecule has 0 amide bonds. The zero-order valence-electron chi connectivity index (χ0n) is 11.0. The second-order valence-corrected chi connectivity index (χ2v) is 5.01. The third-order valence-corrected chi connectivity index (χ3v) is 3.07. The molecule has 1 aliphatic rings. The molecule has 0 aliphatic carbocycles. The van der Waals surface area contributed by atoms with Crippen molar-refractivity contribution in [3.05, 3.63) is 42.0 Å². The molecular weight excluding hydrogens is 244 g/mol. The number of aromatic nitrogens is 2. The number of rotatable bonds is 2.